The molecule has 0 amide bonds. The van der Waals surface area contributed by atoms with Gasteiger partial charge in [-0.1, -0.05) is 11.6 Å². The Hall–Kier alpha value is -2.37. The lowest BCUT2D eigenvalue weighted by Crippen LogP contribution is -2.16. The Morgan fingerprint density at radius 1 is 1.14 bits per heavy atom. The van der Waals surface area contributed by atoms with Crippen molar-refractivity contribution in [3.8, 4) is 5.69 Å². The highest BCUT2D eigenvalue weighted by Gasteiger charge is 2.13. The summed E-state index contributed by atoms with van der Waals surface area (Å²) in [5.74, 6) is 0. The molecule has 0 saturated heterocycles. The van der Waals surface area contributed by atoms with Crippen LogP contribution in [-0.2, 0) is 0 Å². The van der Waals surface area contributed by atoms with E-state index in [1.54, 1.807) is 35.2 Å². The monoisotopic (exact) mass is 327 g/mol. The number of fused-ring (bicyclic) bond motifs is 3. The summed E-state index contributed by atoms with van der Waals surface area (Å²) < 4.78 is 2.25. The van der Waals surface area contributed by atoms with E-state index in [1.165, 1.54) is 11.3 Å². The van der Waals surface area contributed by atoms with Gasteiger partial charge in [0.2, 0.25) is 0 Å². The van der Waals surface area contributed by atoms with Crippen molar-refractivity contribution in [1.82, 2.24) is 9.55 Å². The third-order valence-corrected chi connectivity index (χ3v) is 4.92. The van der Waals surface area contributed by atoms with Crippen LogP contribution in [0.4, 0.5) is 5.69 Å². The molecule has 3 aromatic heterocycles. The quantitative estimate of drug-likeness (QED) is 0.578. The fourth-order valence-corrected chi connectivity index (χ4v) is 3.75. The first-order chi connectivity index (χ1) is 10.6. The predicted octanol–water partition coefficient (Wildman–Crippen LogP) is 3.84. The van der Waals surface area contributed by atoms with Crippen molar-refractivity contribution < 1.29 is 0 Å². The Bertz CT molecular complexity index is 1070. The molecule has 0 unspecified atom stereocenters. The zero-order valence-electron chi connectivity index (χ0n) is 11.3. The molecular formula is C16H10ClN3OS. The fourth-order valence-electron chi connectivity index (χ4n) is 2.52. The zero-order chi connectivity index (χ0) is 15.3. The van der Waals surface area contributed by atoms with Gasteiger partial charge in [-0.05, 0) is 36.4 Å². The minimum absolute atomic E-state index is 0.0813. The third kappa shape index (κ3) is 1.90. The first kappa shape index (κ1) is 13.3. The second kappa shape index (κ2) is 4.83. The van der Waals surface area contributed by atoms with Gasteiger partial charge in [-0.15, -0.1) is 11.3 Å². The number of halogens is 1. The van der Waals surface area contributed by atoms with Crippen molar-refractivity contribution in [1.29, 1.82) is 0 Å². The molecule has 0 atom stereocenters. The molecule has 0 aliphatic carbocycles. The van der Waals surface area contributed by atoms with Gasteiger partial charge in [0.15, 0.2) is 0 Å². The summed E-state index contributed by atoms with van der Waals surface area (Å²) in [4.78, 5) is 17.9. The van der Waals surface area contributed by atoms with E-state index in [4.69, 9.17) is 17.3 Å². The topological polar surface area (TPSA) is 60.9 Å². The number of pyridine rings is 2. The lowest BCUT2D eigenvalue weighted by Gasteiger charge is -2.05. The average molecular weight is 328 g/mol. The molecule has 3 heterocycles. The number of benzene rings is 1. The van der Waals surface area contributed by atoms with Gasteiger partial charge in [-0.3, -0.25) is 9.36 Å². The van der Waals surface area contributed by atoms with Gasteiger partial charge in [-0.25, -0.2) is 4.98 Å². The predicted molar refractivity (Wildman–Crippen MR) is 92.1 cm³/mol. The number of thiophene rings is 1. The van der Waals surface area contributed by atoms with Crippen molar-refractivity contribution >= 4 is 48.9 Å². The number of anilines is 1. The van der Waals surface area contributed by atoms with E-state index in [0.29, 0.717) is 15.4 Å². The van der Waals surface area contributed by atoms with Gasteiger partial charge in [0.1, 0.15) is 9.53 Å². The molecule has 0 aliphatic rings. The number of nitrogens with zero attached hydrogens (tertiary/aromatic N) is 2. The Morgan fingerprint density at radius 3 is 2.68 bits per heavy atom. The lowest BCUT2D eigenvalue weighted by atomic mass is 10.2. The molecule has 0 saturated carbocycles. The SMILES string of the molecule is Nc1ccnc2sc3c(=O)n(-c4ccc(Cl)cc4)ccc3c12. The highest BCUT2D eigenvalue weighted by Crippen LogP contribution is 2.33. The zero-order valence-corrected chi connectivity index (χ0v) is 12.9. The Kier molecular flexibility index (Phi) is 2.92. The number of aromatic nitrogens is 2. The van der Waals surface area contributed by atoms with Gasteiger partial charge in [0, 0.05) is 39.6 Å². The van der Waals surface area contributed by atoms with E-state index >= 15 is 0 Å². The molecule has 4 rings (SSSR count). The fraction of sp³-hybridized carbons (Fsp3) is 0. The number of rotatable bonds is 1. The Morgan fingerprint density at radius 2 is 1.91 bits per heavy atom. The van der Waals surface area contributed by atoms with Crippen LogP contribution >= 0.6 is 22.9 Å². The molecule has 22 heavy (non-hydrogen) atoms. The van der Waals surface area contributed by atoms with E-state index < -0.39 is 0 Å². The molecule has 2 N–H and O–H groups in total. The summed E-state index contributed by atoms with van der Waals surface area (Å²) in [6, 6.07) is 10.8. The summed E-state index contributed by atoms with van der Waals surface area (Å²) in [6.07, 6.45) is 3.41. The second-order valence-corrected chi connectivity index (χ2v) is 6.33. The normalized spacial score (nSPS) is 11.3. The Labute approximate surface area is 134 Å². The number of hydrogen-bond donors (Lipinski definition) is 1. The van der Waals surface area contributed by atoms with Crippen molar-refractivity contribution in [3.05, 3.63) is 64.2 Å². The Balaban J connectivity index is 2.06. The highest BCUT2D eigenvalue weighted by atomic mass is 35.5. The number of nitrogens with two attached hydrogens (primary N) is 1. The molecule has 0 spiro atoms. The van der Waals surface area contributed by atoms with Gasteiger partial charge < -0.3 is 5.73 Å². The van der Waals surface area contributed by atoms with E-state index in [2.05, 4.69) is 4.98 Å². The van der Waals surface area contributed by atoms with Gasteiger partial charge >= 0.3 is 0 Å². The molecule has 1 aromatic carbocycles. The smallest absolute Gasteiger partial charge is 0.273 e. The van der Waals surface area contributed by atoms with Crippen molar-refractivity contribution in [2.75, 3.05) is 5.73 Å². The minimum Gasteiger partial charge on any atom is -0.398 e. The van der Waals surface area contributed by atoms with Crippen LogP contribution in [0, 0.1) is 0 Å². The van der Waals surface area contributed by atoms with Crippen LogP contribution in [0.2, 0.25) is 5.02 Å². The van der Waals surface area contributed by atoms with Crippen LogP contribution in [0.1, 0.15) is 0 Å². The molecule has 4 nitrogen and oxygen atoms in total. The van der Waals surface area contributed by atoms with Crippen LogP contribution in [0.25, 0.3) is 26.0 Å². The second-order valence-electron chi connectivity index (χ2n) is 4.89. The number of hydrogen-bond acceptors (Lipinski definition) is 4. The maximum Gasteiger partial charge on any atom is 0.273 e. The maximum atomic E-state index is 12.8. The first-order valence-electron chi connectivity index (χ1n) is 6.59. The highest BCUT2D eigenvalue weighted by molar-refractivity contribution is 7.25. The molecule has 0 aliphatic heterocycles. The summed E-state index contributed by atoms with van der Waals surface area (Å²) >= 11 is 7.26. The van der Waals surface area contributed by atoms with Crippen LogP contribution in [-0.4, -0.2) is 9.55 Å². The van der Waals surface area contributed by atoms with E-state index in [0.717, 1.165) is 21.3 Å². The molecule has 0 radical (unpaired) electrons. The van der Waals surface area contributed by atoms with E-state index in [-0.39, 0.29) is 5.56 Å². The standard InChI is InChI=1S/C16H10ClN3OS/c17-9-1-3-10(4-2-9)20-8-6-11-13-12(18)5-7-19-15(13)22-14(11)16(20)21/h1-8H,(H2,18,19). The molecule has 108 valence electrons. The van der Waals surface area contributed by atoms with Crippen LogP contribution in [0.3, 0.4) is 0 Å². The van der Waals surface area contributed by atoms with Crippen LogP contribution < -0.4 is 11.3 Å². The first-order valence-corrected chi connectivity index (χ1v) is 7.79. The van der Waals surface area contributed by atoms with Crippen molar-refractivity contribution in [2.45, 2.75) is 0 Å². The van der Waals surface area contributed by atoms with Gasteiger partial charge in [0.25, 0.3) is 5.56 Å². The summed E-state index contributed by atoms with van der Waals surface area (Å²) in [5, 5.41) is 2.33. The van der Waals surface area contributed by atoms with Gasteiger partial charge in [-0.2, -0.15) is 0 Å². The van der Waals surface area contributed by atoms with Crippen molar-refractivity contribution in [3.63, 3.8) is 0 Å². The van der Waals surface area contributed by atoms with Crippen molar-refractivity contribution in [2.24, 2.45) is 0 Å². The maximum absolute atomic E-state index is 12.8. The van der Waals surface area contributed by atoms with E-state index in [1.807, 2.05) is 18.2 Å². The lowest BCUT2D eigenvalue weighted by molar-refractivity contribution is 1.01. The number of nitrogen functional groups attached to an aromatic ring is 1. The molecule has 0 fully saturated rings. The molecule has 0 bridgehead atoms. The molecular weight excluding hydrogens is 318 g/mol. The van der Waals surface area contributed by atoms with Gasteiger partial charge in [0.05, 0.1) is 0 Å². The molecule has 4 aromatic rings. The van der Waals surface area contributed by atoms with Crippen LogP contribution in [0.15, 0.2) is 53.6 Å². The summed E-state index contributed by atoms with van der Waals surface area (Å²) in [6.45, 7) is 0. The largest absolute Gasteiger partial charge is 0.398 e. The van der Waals surface area contributed by atoms with Crippen LogP contribution in [0.5, 0.6) is 0 Å². The average Bonchev–Trinajstić information content (AvgIpc) is 2.90. The summed E-state index contributed by atoms with van der Waals surface area (Å²) in [7, 11) is 0. The summed E-state index contributed by atoms with van der Waals surface area (Å²) in [5.41, 5.74) is 7.36. The third-order valence-electron chi connectivity index (χ3n) is 3.57. The van der Waals surface area contributed by atoms with E-state index in [9.17, 15) is 4.79 Å². The minimum atomic E-state index is -0.0813. The molecule has 6 heteroatoms.